The Bertz CT molecular complexity index is 456. The molecule has 0 aliphatic carbocycles. The smallest absolute Gasteiger partial charge is 0.389 e. The predicted molar refractivity (Wildman–Crippen MR) is 81.3 cm³/mol. The van der Waals surface area contributed by atoms with Crippen molar-refractivity contribution in [2.45, 2.75) is 23.9 Å². The van der Waals surface area contributed by atoms with Gasteiger partial charge in [-0.3, -0.25) is 0 Å². The Morgan fingerprint density at radius 1 is 1.14 bits per heavy atom. The van der Waals surface area contributed by atoms with Gasteiger partial charge >= 0.3 is 6.18 Å². The number of halogens is 3. The maximum Gasteiger partial charge on any atom is 0.389 e. The molecule has 0 atom stereocenters. The van der Waals surface area contributed by atoms with E-state index in [1.54, 1.807) is 13.2 Å². The number of rotatable bonds is 8. The summed E-state index contributed by atoms with van der Waals surface area (Å²) in [7, 11) is 5.46. The van der Waals surface area contributed by atoms with Crippen LogP contribution in [-0.4, -0.2) is 32.7 Å². The van der Waals surface area contributed by atoms with Crippen LogP contribution in [0.3, 0.4) is 0 Å². The van der Waals surface area contributed by atoms with Crippen molar-refractivity contribution in [3.8, 4) is 11.5 Å². The molecule has 0 spiro atoms. The molecule has 1 rings (SSSR count). The van der Waals surface area contributed by atoms with E-state index in [1.165, 1.54) is 17.9 Å². The maximum absolute atomic E-state index is 12.1. The highest BCUT2D eigenvalue weighted by Gasteiger charge is 2.26. The highest BCUT2D eigenvalue weighted by molar-refractivity contribution is 8.76. The number of hydrogen-bond acceptors (Lipinski definition) is 5. The molecule has 21 heavy (non-hydrogen) atoms. The SMILES string of the molecule is COc1cc(SSCCC(F)(F)F)c(OC)cc1CCN. The van der Waals surface area contributed by atoms with Crippen molar-refractivity contribution in [2.75, 3.05) is 26.5 Å². The summed E-state index contributed by atoms with van der Waals surface area (Å²) in [6.07, 6.45) is -4.29. The lowest BCUT2D eigenvalue weighted by atomic mass is 10.1. The van der Waals surface area contributed by atoms with E-state index in [4.69, 9.17) is 15.2 Å². The van der Waals surface area contributed by atoms with Gasteiger partial charge < -0.3 is 15.2 Å². The molecule has 3 nitrogen and oxygen atoms in total. The van der Waals surface area contributed by atoms with Crippen LogP contribution < -0.4 is 15.2 Å². The Kier molecular flexibility index (Phi) is 7.55. The van der Waals surface area contributed by atoms with E-state index in [9.17, 15) is 13.2 Å². The van der Waals surface area contributed by atoms with Crippen molar-refractivity contribution in [3.63, 3.8) is 0 Å². The fourth-order valence-corrected chi connectivity index (χ4v) is 3.79. The third kappa shape index (κ3) is 6.27. The van der Waals surface area contributed by atoms with Crippen molar-refractivity contribution in [1.82, 2.24) is 0 Å². The molecule has 0 radical (unpaired) electrons. The van der Waals surface area contributed by atoms with Crippen molar-refractivity contribution in [2.24, 2.45) is 5.73 Å². The van der Waals surface area contributed by atoms with Gasteiger partial charge in [-0.2, -0.15) is 13.2 Å². The number of methoxy groups -OCH3 is 2. The van der Waals surface area contributed by atoms with Crippen molar-refractivity contribution < 1.29 is 22.6 Å². The Morgan fingerprint density at radius 3 is 2.33 bits per heavy atom. The van der Waals surface area contributed by atoms with Gasteiger partial charge in [0, 0.05) is 5.75 Å². The zero-order valence-electron chi connectivity index (χ0n) is 11.8. The molecule has 0 aliphatic rings. The molecule has 0 heterocycles. The average Bonchev–Trinajstić information content (AvgIpc) is 2.43. The Hall–Kier alpha value is -0.730. The summed E-state index contributed by atoms with van der Waals surface area (Å²) >= 11 is 0. The number of alkyl halides is 3. The third-order valence-electron chi connectivity index (χ3n) is 2.60. The van der Waals surface area contributed by atoms with Crippen LogP contribution >= 0.6 is 21.6 Å². The van der Waals surface area contributed by atoms with Crippen LogP contribution in [0.5, 0.6) is 11.5 Å². The second-order valence-electron chi connectivity index (χ2n) is 4.12. The van der Waals surface area contributed by atoms with Crippen LogP contribution in [-0.2, 0) is 6.42 Å². The van der Waals surface area contributed by atoms with Gasteiger partial charge in [0.1, 0.15) is 11.5 Å². The highest BCUT2D eigenvalue weighted by Crippen LogP contribution is 2.42. The van der Waals surface area contributed by atoms with E-state index < -0.39 is 12.6 Å². The summed E-state index contributed by atoms with van der Waals surface area (Å²) in [6, 6.07) is 3.59. The molecule has 1 aromatic rings. The minimum atomic E-state index is -4.12. The predicted octanol–water partition coefficient (Wildman–Crippen LogP) is 3.90. The normalized spacial score (nSPS) is 11.5. The molecule has 0 aliphatic heterocycles. The van der Waals surface area contributed by atoms with Crippen LogP contribution in [0.25, 0.3) is 0 Å². The number of hydrogen-bond donors (Lipinski definition) is 1. The summed E-state index contributed by atoms with van der Waals surface area (Å²) in [4.78, 5) is 0.738. The largest absolute Gasteiger partial charge is 0.496 e. The van der Waals surface area contributed by atoms with Crippen LogP contribution in [0.2, 0.25) is 0 Å². The summed E-state index contributed by atoms with van der Waals surface area (Å²) in [6.45, 7) is 0.479. The topological polar surface area (TPSA) is 44.5 Å². The van der Waals surface area contributed by atoms with Crippen molar-refractivity contribution in [3.05, 3.63) is 17.7 Å². The molecule has 0 saturated heterocycles. The van der Waals surface area contributed by atoms with Gasteiger partial charge in [-0.25, -0.2) is 0 Å². The quantitative estimate of drug-likeness (QED) is 0.574. The lowest BCUT2D eigenvalue weighted by molar-refractivity contribution is -0.129. The summed E-state index contributed by atoms with van der Waals surface area (Å²) in [5.41, 5.74) is 6.46. The average molecular weight is 341 g/mol. The number of benzene rings is 1. The Balaban J connectivity index is 2.76. The molecule has 0 amide bonds. The monoisotopic (exact) mass is 341 g/mol. The van der Waals surface area contributed by atoms with E-state index in [1.807, 2.05) is 6.07 Å². The zero-order valence-corrected chi connectivity index (χ0v) is 13.5. The van der Waals surface area contributed by atoms with Gasteiger partial charge in [0.15, 0.2) is 0 Å². The molecule has 8 heteroatoms. The van der Waals surface area contributed by atoms with Crippen LogP contribution in [0.1, 0.15) is 12.0 Å². The zero-order chi connectivity index (χ0) is 15.9. The molecule has 0 saturated carbocycles. The number of nitrogens with two attached hydrogens (primary N) is 1. The second kappa shape index (κ2) is 8.65. The number of ether oxygens (including phenoxy) is 2. The Morgan fingerprint density at radius 2 is 1.81 bits per heavy atom. The van der Waals surface area contributed by atoms with Crippen LogP contribution in [0, 0.1) is 0 Å². The highest BCUT2D eigenvalue weighted by atomic mass is 33.1. The first-order valence-electron chi connectivity index (χ1n) is 6.22. The molecule has 0 fully saturated rings. The molecule has 0 bridgehead atoms. The van der Waals surface area contributed by atoms with E-state index in [-0.39, 0.29) is 5.75 Å². The van der Waals surface area contributed by atoms with E-state index in [0.717, 1.165) is 21.3 Å². The second-order valence-corrected chi connectivity index (χ2v) is 6.58. The molecule has 0 unspecified atom stereocenters. The maximum atomic E-state index is 12.1. The van der Waals surface area contributed by atoms with Gasteiger partial charge in [0.25, 0.3) is 0 Å². The van der Waals surface area contributed by atoms with Gasteiger partial charge in [0.2, 0.25) is 0 Å². The Labute approximate surface area is 130 Å². The molecule has 120 valence electrons. The van der Waals surface area contributed by atoms with Crippen LogP contribution in [0.4, 0.5) is 13.2 Å². The standard InChI is InChI=1S/C13H18F3NO2S2/c1-18-10-8-12(21-20-6-4-13(14,15)16)11(19-2)7-9(10)3-5-17/h7-8H,3-6,17H2,1-2H3. The molecule has 1 aromatic carbocycles. The van der Waals surface area contributed by atoms with Crippen LogP contribution in [0.15, 0.2) is 17.0 Å². The van der Waals surface area contributed by atoms with Gasteiger partial charge in [0.05, 0.1) is 25.5 Å². The van der Waals surface area contributed by atoms with Gasteiger partial charge in [-0.15, -0.1) is 0 Å². The van der Waals surface area contributed by atoms with E-state index >= 15 is 0 Å². The van der Waals surface area contributed by atoms with Gasteiger partial charge in [-0.05, 0) is 30.7 Å². The third-order valence-corrected chi connectivity index (χ3v) is 4.98. The lowest BCUT2D eigenvalue weighted by Crippen LogP contribution is -2.07. The first-order valence-corrected chi connectivity index (χ1v) is 8.54. The van der Waals surface area contributed by atoms with Crippen molar-refractivity contribution >= 4 is 21.6 Å². The van der Waals surface area contributed by atoms with E-state index in [2.05, 4.69) is 0 Å². The first-order chi connectivity index (χ1) is 9.91. The fraction of sp³-hybridized carbons (Fsp3) is 0.538. The fourth-order valence-electron chi connectivity index (χ4n) is 1.61. The lowest BCUT2D eigenvalue weighted by Gasteiger charge is -2.14. The minimum Gasteiger partial charge on any atom is -0.496 e. The molecule has 0 aromatic heterocycles. The van der Waals surface area contributed by atoms with E-state index in [0.29, 0.717) is 24.5 Å². The summed E-state index contributed by atoms with van der Waals surface area (Å²) in [5, 5.41) is 0. The minimum absolute atomic E-state index is 0.00973. The van der Waals surface area contributed by atoms with Crippen molar-refractivity contribution in [1.29, 1.82) is 0 Å². The first kappa shape index (κ1) is 18.3. The van der Waals surface area contributed by atoms with Gasteiger partial charge in [-0.1, -0.05) is 21.6 Å². The summed E-state index contributed by atoms with van der Waals surface area (Å²) in [5.74, 6) is 1.27. The summed E-state index contributed by atoms with van der Waals surface area (Å²) < 4.78 is 46.9. The molecular weight excluding hydrogens is 323 g/mol. The molecular formula is C13H18F3NO2S2. The molecule has 2 N–H and O–H groups in total.